The van der Waals surface area contributed by atoms with E-state index in [2.05, 4.69) is 21.9 Å². The number of ether oxygens (including phenoxy) is 1. The monoisotopic (exact) mass is 279 g/mol. The Morgan fingerprint density at radius 2 is 2.26 bits per heavy atom. The Labute approximate surface area is 115 Å². The molecule has 19 heavy (non-hydrogen) atoms. The molecule has 0 bridgehead atoms. The fourth-order valence-corrected chi connectivity index (χ4v) is 2.50. The van der Waals surface area contributed by atoms with Crippen LogP contribution in [0.15, 0.2) is 22.2 Å². The van der Waals surface area contributed by atoms with Crippen molar-refractivity contribution >= 4 is 22.8 Å². The van der Waals surface area contributed by atoms with Crippen molar-refractivity contribution in [3.05, 3.63) is 22.6 Å². The van der Waals surface area contributed by atoms with Gasteiger partial charge in [-0.1, -0.05) is 25.1 Å². The fraction of sp³-hybridized carbons (Fsp3) is 0.462. The Balaban J connectivity index is 2.28. The Morgan fingerprint density at radius 1 is 1.42 bits per heavy atom. The van der Waals surface area contributed by atoms with E-state index in [9.17, 15) is 4.79 Å². The minimum absolute atomic E-state index is 0.252. The van der Waals surface area contributed by atoms with Crippen LogP contribution in [0.2, 0.25) is 0 Å². The summed E-state index contributed by atoms with van der Waals surface area (Å²) in [5.41, 5.74) is 0.306. The second kappa shape index (κ2) is 6.56. The number of rotatable bonds is 6. The van der Waals surface area contributed by atoms with Gasteiger partial charge in [-0.2, -0.15) is 0 Å². The second-order valence-corrected chi connectivity index (χ2v) is 5.12. The molecular formula is C13H17N3O2S. The first-order valence-electron chi connectivity index (χ1n) is 6.40. The van der Waals surface area contributed by atoms with Crippen LogP contribution in [-0.2, 0) is 0 Å². The number of H-pyrrole nitrogens is 1. The van der Waals surface area contributed by atoms with Gasteiger partial charge in [-0.05, 0) is 19.4 Å². The fourth-order valence-electron chi connectivity index (χ4n) is 1.60. The van der Waals surface area contributed by atoms with E-state index in [4.69, 9.17) is 4.74 Å². The Bertz CT molecular complexity index is 612. The minimum atomic E-state index is -0.252. The van der Waals surface area contributed by atoms with E-state index >= 15 is 0 Å². The van der Waals surface area contributed by atoms with Gasteiger partial charge in [0.05, 0.1) is 6.61 Å². The number of hydrogen-bond acceptors (Lipinski definition) is 5. The van der Waals surface area contributed by atoms with Crippen molar-refractivity contribution in [2.75, 3.05) is 12.4 Å². The third-order valence-corrected chi connectivity index (χ3v) is 3.51. The van der Waals surface area contributed by atoms with Crippen molar-refractivity contribution in [1.82, 2.24) is 15.0 Å². The van der Waals surface area contributed by atoms with Crippen molar-refractivity contribution in [3.63, 3.8) is 0 Å². The Kier molecular flexibility index (Phi) is 4.79. The molecule has 0 fully saturated rings. The van der Waals surface area contributed by atoms with Crippen LogP contribution in [-0.4, -0.2) is 27.3 Å². The van der Waals surface area contributed by atoms with Crippen molar-refractivity contribution in [2.24, 2.45) is 0 Å². The molecule has 0 saturated heterocycles. The first-order chi connectivity index (χ1) is 9.24. The highest BCUT2D eigenvalue weighted by Crippen LogP contribution is 2.18. The van der Waals surface area contributed by atoms with Crippen LogP contribution in [0.3, 0.4) is 0 Å². The van der Waals surface area contributed by atoms with Gasteiger partial charge in [0.15, 0.2) is 10.9 Å². The SMILES string of the molecule is CCCCSc1ncc2cc(OCC)c(=O)[nH]c2n1. The van der Waals surface area contributed by atoms with Gasteiger partial charge in [0, 0.05) is 17.3 Å². The maximum Gasteiger partial charge on any atom is 0.291 e. The number of hydrogen-bond donors (Lipinski definition) is 1. The third kappa shape index (κ3) is 3.47. The molecule has 0 aliphatic heterocycles. The van der Waals surface area contributed by atoms with Crippen LogP contribution < -0.4 is 10.3 Å². The number of aromatic nitrogens is 3. The molecular weight excluding hydrogens is 262 g/mol. The molecule has 2 heterocycles. The van der Waals surface area contributed by atoms with Gasteiger partial charge < -0.3 is 9.72 Å². The van der Waals surface area contributed by atoms with Gasteiger partial charge in [-0.3, -0.25) is 4.79 Å². The van der Waals surface area contributed by atoms with Gasteiger partial charge in [-0.25, -0.2) is 9.97 Å². The maximum absolute atomic E-state index is 11.7. The largest absolute Gasteiger partial charge is 0.488 e. The summed E-state index contributed by atoms with van der Waals surface area (Å²) in [5, 5.41) is 1.48. The highest BCUT2D eigenvalue weighted by Gasteiger charge is 2.06. The lowest BCUT2D eigenvalue weighted by molar-refractivity contribution is 0.336. The predicted molar refractivity (Wildman–Crippen MR) is 77.0 cm³/mol. The van der Waals surface area contributed by atoms with Crippen LogP contribution in [0.1, 0.15) is 26.7 Å². The number of nitrogens with zero attached hydrogens (tertiary/aromatic N) is 2. The third-order valence-electron chi connectivity index (χ3n) is 2.57. The Hall–Kier alpha value is -1.56. The molecule has 0 unspecified atom stereocenters. The zero-order valence-corrected chi connectivity index (χ0v) is 11.9. The van der Waals surface area contributed by atoms with Gasteiger partial charge in [0.1, 0.15) is 5.65 Å². The summed E-state index contributed by atoms with van der Waals surface area (Å²) in [5.74, 6) is 1.30. The summed E-state index contributed by atoms with van der Waals surface area (Å²) < 4.78 is 5.25. The molecule has 6 heteroatoms. The molecule has 0 spiro atoms. The number of fused-ring (bicyclic) bond motifs is 1. The van der Waals surface area contributed by atoms with Crippen molar-refractivity contribution in [2.45, 2.75) is 31.8 Å². The number of pyridine rings is 1. The van der Waals surface area contributed by atoms with Crippen LogP contribution in [0, 0.1) is 0 Å². The van der Waals surface area contributed by atoms with Crippen LogP contribution in [0.5, 0.6) is 5.75 Å². The lowest BCUT2D eigenvalue weighted by Gasteiger charge is -2.04. The summed E-state index contributed by atoms with van der Waals surface area (Å²) in [7, 11) is 0. The maximum atomic E-state index is 11.7. The number of nitrogens with one attached hydrogen (secondary N) is 1. The average molecular weight is 279 g/mol. The zero-order valence-electron chi connectivity index (χ0n) is 11.1. The summed E-state index contributed by atoms with van der Waals surface area (Å²) in [4.78, 5) is 23.1. The Morgan fingerprint density at radius 3 is 3.00 bits per heavy atom. The lowest BCUT2D eigenvalue weighted by Crippen LogP contribution is -2.11. The minimum Gasteiger partial charge on any atom is -0.488 e. The van der Waals surface area contributed by atoms with Crippen molar-refractivity contribution < 1.29 is 4.74 Å². The van der Waals surface area contributed by atoms with Crippen LogP contribution in [0.4, 0.5) is 0 Å². The first kappa shape index (κ1) is 13.9. The second-order valence-electron chi connectivity index (χ2n) is 4.05. The number of thioether (sulfide) groups is 1. The summed E-state index contributed by atoms with van der Waals surface area (Å²) >= 11 is 1.60. The van der Waals surface area contributed by atoms with E-state index in [1.807, 2.05) is 6.92 Å². The van der Waals surface area contributed by atoms with Crippen LogP contribution in [0.25, 0.3) is 11.0 Å². The lowest BCUT2D eigenvalue weighted by atomic mass is 10.3. The standard InChI is InChI=1S/C13H17N3O2S/c1-3-5-6-19-13-14-8-9-7-10(18-4-2)12(17)15-11(9)16-13/h7-8H,3-6H2,1-2H3,(H,14,15,16,17). The molecule has 2 rings (SSSR count). The predicted octanol–water partition coefficient (Wildman–Crippen LogP) is 2.61. The van der Waals surface area contributed by atoms with E-state index < -0.39 is 0 Å². The normalized spacial score (nSPS) is 10.8. The van der Waals surface area contributed by atoms with E-state index in [-0.39, 0.29) is 5.56 Å². The first-order valence-corrected chi connectivity index (χ1v) is 7.38. The summed E-state index contributed by atoms with van der Waals surface area (Å²) in [6, 6.07) is 1.68. The molecule has 0 aromatic carbocycles. The van der Waals surface area contributed by atoms with E-state index in [0.29, 0.717) is 23.2 Å². The van der Waals surface area contributed by atoms with E-state index in [1.165, 1.54) is 0 Å². The van der Waals surface area contributed by atoms with Gasteiger partial charge in [0.2, 0.25) is 0 Å². The summed E-state index contributed by atoms with van der Waals surface area (Å²) in [6.07, 6.45) is 4.00. The zero-order chi connectivity index (χ0) is 13.7. The molecule has 0 amide bonds. The van der Waals surface area contributed by atoms with E-state index in [0.717, 1.165) is 24.0 Å². The van der Waals surface area contributed by atoms with Gasteiger partial charge in [-0.15, -0.1) is 0 Å². The molecule has 2 aromatic rings. The topological polar surface area (TPSA) is 67.9 Å². The highest BCUT2D eigenvalue weighted by molar-refractivity contribution is 7.99. The highest BCUT2D eigenvalue weighted by atomic mass is 32.2. The summed E-state index contributed by atoms with van der Waals surface area (Å²) in [6.45, 7) is 4.45. The van der Waals surface area contributed by atoms with E-state index in [1.54, 1.807) is 24.0 Å². The molecule has 2 aromatic heterocycles. The quantitative estimate of drug-likeness (QED) is 0.500. The molecule has 0 radical (unpaired) electrons. The van der Waals surface area contributed by atoms with Gasteiger partial charge in [0.25, 0.3) is 5.56 Å². The molecule has 0 atom stereocenters. The number of unbranched alkanes of at least 4 members (excludes halogenated alkanes) is 1. The van der Waals surface area contributed by atoms with Gasteiger partial charge >= 0.3 is 0 Å². The molecule has 0 aliphatic carbocycles. The molecule has 0 saturated carbocycles. The molecule has 5 nitrogen and oxygen atoms in total. The van der Waals surface area contributed by atoms with Crippen molar-refractivity contribution in [1.29, 1.82) is 0 Å². The molecule has 0 aliphatic rings. The van der Waals surface area contributed by atoms with Crippen molar-refractivity contribution in [3.8, 4) is 5.75 Å². The number of aromatic amines is 1. The van der Waals surface area contributed by atoms with Crippen LogP contribution >= 0.6 is 11.8 Å². The molecule has 1 N–H and O–H groups in total. The average Bonchev–Trinajstić information content (AvgIpc) is 2.40. The molecule has 102 valence electrons. The smallest absolute Gasteiger partial charge is 0.291 e.